The molecule has 1 aromatic carbocycles. The molecule has 1 unspecified atom stereocenters. The average Bonchev–Trinajstić information content (AvgIpc) is 3.06. The Morgan fingerprint density at radius 3 is 2.75 bits per heavy atom. The number of nitrogens with two attached hydrogens (primary N) is 1. The lowest BCUT2D eigenvalue weighted by atomic mass is 10.2. The topological polar surface area (TPSA) is 124 Å². The third kappa shape index (κ3) is 3.91. The maximum absolute atomic E-state index is 12.9. The lowest BCUT2D eigenvalue weighted by molar-refractivity contribution is -0.141. The van der Waals surface area contributed by atoms with Gasteiger partial charge >= 0.3 is 0 Å². The van der Waals surface area contributed by atoms with E-state index in [1.54, 1.807) is 11.0 Å². The van der Waals surface area contributed by atoms with Gasteiger partial charge in [0.25, 0.3) is 17.6 Å². The molecule has 2 aliphatic heterocycles. The summed E-state index contributed by atoms with van der Waals surface area (Å²) in [5.74, 6) is 0.642. The molecule has 0 saturated carbocycles. The van der Waals surface area contributed by atoms with E-state index in [1.807, 2.05) is 18.2 Å². The lowest BCUT2D eigenvalue weighted by Crippen LogP contribution is -2.47. The first-order valence-electron chi connectivity index (χ1n) is 9.12. The summed E-state index contributed by atoms with van der Waals surface area (Å²) >= 11 is 0. The van der Waals surface area contributed by atoms with Gasteiger partial charge in [-0.15, -0.1) is 0 Å². The monoisotopic (exact) mass is 387 g/mol. The van der Waals surface area contributed by atoms with E-state index in [1.165, 1.54) is 0 Å². The molecule has 1 fully saturated rings. The van der Waals surface area contributed by atoms with Crippen molar-refractivity contribution in [2.45, 2.75) is 19.1 Å². The first-order valence-corrected chi connectivity index (χ1v) is 9.12. The van der Waals surface area contributed by atoms with E-state index in [0.29, 0.717) is 43.6 Å². The Kier molecular flexibility index (Phi) is 5.11. The molecule has 0 radical (unpaired) electrons. The molecule has 10 nitrogen and oxygen atoms in total. The number of rotatable bonds is 4. The summed E-state index contributed by atoms with van der Waals surface area (Å²) in [6.07, 6.45) is 0.155. The zero-order chi connectivity index (χ0) is 19.5. The highest BCUT2D eigenvalue weighted by Gasteiger charge is 2.32. The predicted molar refractivity (Wildman–Crippen MR) is 95.6 cm³/mol. The molecule has 1 saturated heterocycles. The third-order valence-electron chi connectivity index (χ3n) is 4.73. The smallest absolute Gasteiger partial charge is 0.290 e. The highest BCUT2D eigenvalue weighted by atomic mass is 16.6. The summed E-state index contributed by atoms with van der Waals surface area (Å²) in [4.78, 5) is 31.8. The Bertz CT molecular complexity index is 870. The van der Waals surface area contributed by atoms with Crippen molar-refractivity contribution in [3.05, 3.63) is 36.0 Å². The molecule has 1 atom stereocenters. The van der Waals surface area contributed by atoms with E-state index in [-0.39, 0.29) is 18.3 Å². The van der Waals surface area contributed by atoms with Crippen LogP contribution in [0.1, 0.15) is 22.9 Å². The van der Waals surface area contributed by atoms with Crippen LogP contribution in [-0.2, 0) is 11.3 Å². The van der Waals surface area contributed by atoms with Crippen molar-refractivity contribution in [1.29, 1.82) is 0 Å². The fourth-order valence-corrected chi connectivity index (χ4v) is 3.30. The standard InChI is InChI=1S/C18H21N5O5/c19-16(24)17-20-15(28-21-17)10-22-6-3-7-23(9-8-22)18(25)14-11-26-12-4-1-2-5-13(12)27-14/h1-2,4-5,14H,3,6-11H2,(H2,19,24). The van der Waals surface area contributed by atoms with E-state index in [9.17, 15) is 9.59 Å². The van der Waals surface area contributed by atoms with Crippen LogP contribution in [0.3, 0.4) is 0 Å². The van der Waals surface area contributed by atoms with Crippen LogP contribution in [0.4, 0.5) is 0 Å². The van der Waals surface area contributed by atoms with Crippen molar-refractivity contribution in [3.63, 3.8) is 0 Å². The Balaban J connectivity index is 1.33. The normalized spacial score (nSPS) is 19.9. The van der Waals surface area contributed by atoms with Crippen molar-refractivity contribution in [2.24, 2.45) is 5.73 Å². The number of para-hydroxylation sites is 2. The molecule has 0 bridgehead atoms. The number of nitrogens with zero attached hydrogens (tertiary/aromatic N) is 4. The zero-order valence-electron chi connectivity index (χ0n) is 15.2. The molecule has 28 heavy (non-hydrogen) atoms. The minimum Gasteiger partial charge on any atom is -0.485 e. The Morgan fingerprint density at radius 2 is 1.96 bits per heavy atom. The summed E-state index contributed by atoms with van der Waals surface area (Å²) < 4.78 is 16.5. The van der Waals surface area contributed by atoms with Crippen LogP contribution in [0.15, 0.2) is 28.8 Å². The van der Waals surface area contributed by atoms with Crippen molar-refractivity contribution in [1.82, 2.24) is 19.9 Å². The number of ether oxygens (including phenoxy) is 2. The summed E-state index contributed by atoms with van der Waals surface area (Å²) in [6, 6.07) is 7.33. The molecule has 2 N–H and O–H groups in total. The average molecular weight is 387 g/mol. The van der Waals surface area contributed by atoms with Gasteiger partial charge in [-0.25, -0.2) is 0 Å². The summed E-state index contributed by atoms with van der Waals surface area (Å²) in [5.41, 5.74) is 5.13. The van der Waals surface area contributed by atoms with E-state index in [2.05, 4.69) is 15.0 Å². The molecule has 2 amide bonds. The van der Waals surface area contributed by atoms with Gasteiger partial charge in [0.2, 0.25) is 12.0 Å². The van der Waals surface area contributed by atoms with Gasteiger partial charge in [-0.2, -0.15) is 4.98 Å². The van der Waals surface area contributed by atoms with Crippen LogP contribution in [-0.4, -0.2) is 70.6 Å². The van der Waals surface area contributed by atoms with Gasteiger partial charge in [0.05, 0.1) is 6.54 Å². The minimum atomic E-state index is -0.723. The number of primary amides is 1. The fraction of sp³-hybridized carbons (Fsp3) is 0.444. The Morgan fingerprint density at radius 1 is 1.14 bits per heavy atom. The van der Waals surface area contributed by atoms with Gasteiger partial charge in [-0.1, -0.05) is 17.3 Å². The largest absolute Gasteiger partial charge is 0.485 e. The van der Waals surface area contributed by atoms with Gasteiger partial charge < -0.3 is 24.6 Å². The predicted octanol–water partition coefficient (Wildman–Crippen LogP) is 0.0428. The second kappa shape index (κ2) is 7.85. The molecule has 2 aromatic rings. The second-order valence-corrected chi connectivity index (χ2v) is 6.70. The van der Waals surface area contributed by atoms with Crippen molar-refractivity contribution in [2.75, 3.05) is 32.8 Å². The van der Waals surface area contributed by atoms with E-state index in [4.69, 9.17) is 19.7 Å². The Hall–Kier alpha value is -3.14. The molecular weight excluding hydrogens is 366 g/mol. The molecule has 148 valence electrons. The van der Waals surface area contributed by atoms with Gasteiger partial charge in [0.15, 0.2) is 11.5 Å². The van der Waals surface area contributed by atoms with Crippen molar-refractivity contribution < 1.29 is 23.6 Å². The summed E-state index contributed by atoms with van der Waals surface area (Å²) in [5, 5.41) is 3.55. The summed E-state index contributed by atoms with van der Waals surface area (Å²) in [6.45, 7) is 3.20. The van der Waals surface area contributed by atoms with Crippen LogP contribution in [0.2, 0.25) is 0 Å². The van der Waals surface area contributed by atoms with Crippen LogP contribution in [0, 0.1) is 0 Å². The molecule has 0 aliphatic carbocycles. The van der Waals surface area contributed by atoms with Crippen LogP contribution >= 0.6 is 0 Å². The summed E-state index contributed by atoms with van der Waals surface area (Å²) in [7, 11) is 0. The molecule has 0 spiro atoms. The van der Waals surface area contributed by atoms with Crippen molar-refractivity contribution >= 4 is 11.8 Å². The third-order valence-corrected chi connectivity index (χ3v) is 4.73. The Labute approximate surface area is 161 Å². The zero-order valence-corrected chi connectivity index (χ0v) is 15.2. The lowest BCUT2D eigenvalue weighted by Gasteiger charge is -2.30. The fourth-order valence-electron chi connectivity index (χ4n) is 3.30. The molecule has 2 aliphatic rings. The number of hydrogen-bond acceptors (Lipinski definition) is 8. The van der Waals surface area contributed by atoms with Gasteiger partial charge in [-0.3, -0.25) is 14.5 Å². The van der Waals surface area contributed by atoms with Gasteiger partial charge in [0.1, 0.15) is 6.61 Å². The SMILES string of the molecule is NC(=O)c1noc(CN2CCCN(C(=O)C3COc4ccccc4O3)CC2)n1. The first-order chi connectivity index (χ1) is 13.6. The molecule has 3 heterocycles. The van der Waals surface area contributed by atoms with Crippen LogP contribution < -0.4 is 15.2 Å². The van der Waals surface area contributed by atoms with Gasteiger partial charge in [0, 0.05) is 26.2 Å². The molecule has 10 heteroatoms. The number of amides is 2. The van der Waals surface area contributed by atoms with Crippen molar-refractivity contribution in [3.8, 4) is 11.5 Å². The van der Waals surface area contributed by atoms with Crippen LogP contribution in [0.25, 0.3) is 0 Å². The number of aromatic nitrogens is 2. The molecular formula is C18H21N5O5. The van der Waals surface area contributed by atoms with Crippen LogP contribution in [0.5, 0.6) is 11.5 Å². The maximum atomic E-state index is 12.9. The second-order valence-electron chi connectivity index (χ2n) is 6.70. The molecule has 4 rings (SSSR count). The number of carbonyl (C=O) groups is 2. The maximum Gasteiger partial charge on any atom is 0.290 e. The van der Waals surface area contributed by atoms with E-state index >= 15 is 0 Å². The van der Waals surface area contributed by atoms with E-state index in [0.717, 1.165) is 13.0 Å². The van der Waals surface area contributed by atoms with Gasteiger partial charge in [-0.05, 0) is 18.6 Å². The highest BCUT2D eigenvalue weighted by Crippen LogP contribution is 2.31. The van der Waals surface area contributed by atoms with E-state index < -0.39 is 12.0 Å². The highest BCUT2D eigenvalue weighted by molar-refractivity contribution is 5.88. The number of fused-ring (bicyclic) bond motifs is 1. The number of benzene rings is 1. The number of carbonyl (C=O) groups excluding carboxylic acids is 2. The minimum absolute atomic E-state index is 0.0786. The first kappa shape index (κ1) is 18.2. The molecule has 1 aromatic heterocycles. The quantitative estimate of drug-likeness (QED) is 0.780. The number of hydrogen-bond donors (Lipinski definition) is 1.